The monoisotopic (exact) mass is 419 g/mol. The van der Waals surface area contributed by atoms with E-state index in [1.54, 1.807) is 35.7 Å². The highest BCUT2D eigenvalue weighted by Gasteiger charge is 2.15. The van der Waals surface area contributed by atoms with Gasteiger partial charge in [0, 0.05) is 28.4 Å². The molecule has 0 unspecified atom stereocenters. The highest BCUT2D eigenvalue weighted by atomic mass is 35.5. The van der Waals surface area contributed by atoms with E-state index in [2.05, 4.69) is 15.0 Å². The molecule has 0 radical (unpaired) electrons. The van der Waals surface area contributed by atoms with Crippen molar-refractivity contribution in [3.05, 3.63) is 76.8 Å². The first-order valence-corrected chi connectivity index (χ1v) is 10.4. The van der Waals surface area contributed by atoms with Gasteiger partial charge in [0.25, 0.3) is 10.0 Å². The maximum Gasteiger partial charge on any atom is 0.263 e. The third-order valence-corrected chi connectivity index (χ3v) is 5.81. The van der Waals surface area contributed by atoms with E-state index in [-0.39, 0.29) is 10.8 Å². The fraction of sp³-hybridized carbons (Fsp3) is 0. The van der Waals surface area contributed by atoms with Crippen LogP contribution in [0.1, 0.15) is 5.56 Å². The molecule has 1 amide bonds. The van der Waals surface area contributed by atoms with E-state index in [0.717, 1.165) is 5.56 Å². The summed E-state index contributed by atoms with van der Waals surface area (Å²) < 4.78 is 26.9. The summed E-state index contributed by atoms with van der Waals surface area (Å²) in [6.45, 7) is 0. The molecule has 1 aromatic heterocycles. The van der Waals surface area contributed by atoms with Crippen LogP contribution in [0.15, 0.2) is 71.1 Å². The number of aromatic nitrogens is 1. The van der Waals surface area contributed by atoms with Gasteiger partial charge in [-0.1, -0.05) is 23.7 Å². The molecule has 0 fully saturated rings. The molecule has 2 aromatic carbocycles. The fourth-order valence-electron chi connectivity index (χ4n) is 2.09. The summed E-state index contributed by atoms with van der Waals surface area (Å²) in [6.07, 6.45) is 4.55. The Bertz CT molecular complexity index is 1050. The van der Waals surface area contributed by atoms with Gasteiger partial charge in [0.1, 0.15) is 0 Å². The minimum atomic E-state index is -3.72. The second-order valence-corrected chi connectivity index (χ2v) is 8.35. The zero-order valence-electron chi connectivity index (χ0n) is 13.8. The Morgan fingerprint density at radius 1 is 1.07 bits per heavy atom. The van der Waals surface area contributed by atoms with Gasteiger partial charge in [-0.2, -0.15) is 0 Å². The number of carbonyl (C=O) groups is 1. The van der Waals surface area contributed by atoms with Gasteiger partial charge in [-0.15, -0.1) is 11.3 Å². The van der Waals surface area contributed by atoms with Crippen molar-refractivity contribution in [2.24, 2.45) is 0 Å². The molecule has 3 rings (SSSR count). The number of sulfonamides is 1. The number of hydrogen-bond acceptors (Lipinski definition) is 5. The summed E-state index contributed by atoms with van der Waals surface area (Å²) in [6, 6.07) is 12.9. The smallest absolute Gasteiger partial charge is 0.263 e. The lowest BCUT2D eigenvalue weighted by molar-refractivity contribution is -0.111. The molecule has 1 heterocycles. The summed E-state index contributed by atoms with van der Waals surface area (Å²) >= 11 is 7.00. The predicted octanol–water partition coefficient (Wildman–Crippen LogP) is 4.25. The topological polar surface area (TPSA) is 88.2 Å². The van der Waals surface area contributed by atoms with Crippen molar-refractivity contribution >= 4 is 55.8 Å². The highest BCUT2D eigenvalue weighted by Crippen LogP contribution is 2.19. The zero-order valence-corrected chi connectivity index (χ0v) is 16.2. The maximum absolute atomic E-state index is 12.3. The Morgan fingerprint density at radius 2 is 1.78 bits per heavy atom. The van der Waals surface area contributed by atoms with Crippen LogP contribution < -0.4 is 10.0 Å². The summed E-state index contributed by atoms with van der Waals surface area (Å²) in [5.41, 5.74) is 1.32. The molecule has 0 aliphatic heterocycles. The molecule has 0 bridgehead atoms. The number of nitrogens with zero attached hydrogens (tertiary/aromatic N) is 1. The van der Waals surface area contributed by atoms with E-state index in [4.69, 9.17) is 11.6 Å². The average molecular weight is 420 g/mol. The van der Waals surface area contributed by atoms with E-state index in [0.29, 0.717) is 15.8 Å². The van der Waals surface area contributed by atoms with Gasteiger partial charge in [0.2, 0.25) is 5.91 Å². The van der Waals surface area contributed by atoms with Gasteiger partial charge < -0.3 is 5.32 Å². The lowest BCUT2D eigenvalue weighted by atomic mass is 10.2. The minimum absolute atomic E-state index is 0.0763. The maximum atomic E-state index is 12.3. The number of thiazole rings is 1. The molecule has 27 heavy (non-hydrogen) atoms. The largest absolute Gasteiger partial charge is 0.323 e. The summed E-state index contributed by atoms with van der Waals surface area (Å²) in [5, 5.41) is 5.26. The summed E-state index contributed by atoms with van der Waals surface area (Å²) in [4.78, 5) is 16.0. The molecular formula is C18H14ClN3O3S2. The number of amides is 1. The number of anilines is 2. The second-order valence-electron chi connectivity index (χ2n) is 5.34. The van der Waals surface area contributed by atoms with Gasteiger partial charge in [-0.25, -0.2) is 13.4 Å². The third kappa shape index (κ3) is 5.40. The molecule has 9 heteroatoms. The number of halogens is 1. The van der Waals surface area contributed by atoms with E-state index in [9.17, 15) is 13.2 Å². The lowest BCUT2D eigenvalue weighted by Crippen LogP contribution is -2.13. The van der Waals surface area contributed by atoms with E-state index < -0.39 is 10.0 Å². The van der Waals surface area contributed by atoms with Crippen LogP contribution in [0.4, 0.5) is 10.8 Å². The van der Waals surface area contributed by atoms with Crippen molar-refractivity contribution in [3.63, 3.8) is 0 Å². The van der Waals surface area contributed by atoms with Crippen LogP contribution in [-0.2, 0) is 14.8 Å². The van der Waals surface area contributed by atoms with E-state index >= 15 is 0 Å². The van der Waals surface area contributed by atoms with Gasteiger partial charge in [-0.05, 0) is 48.0 Å². The second kappa shape index (κ2) is 8.34. The first kappa shape index (κ1) is 19.1. The normalized spacial score (nSPS) is 11.4. The molecule has 0 aliphatic carbocycles. The van der Waals surface area contributed by atoms with Gasteiger partial charge in [0.05, 0.1) is 4.90 Å². The van der Waals surface area contributed by atoms with Gasteiger partial charge in [0.15, 0.2) is 5.13 Å². The first-order chi connectivity index (χ1) is 12.9. The Labute approximate surface area is 165 Å². The molecule has 138 valence electrons. The molecule has 0 saturated carbocycles. The third-order valence-electron chi connectivity index (χ3n) is 3.38. The van der Waals surface area contributed by atoms with Crippen LogP contribution >= 0.6 is 22.9 Å². The quantitative estimate of drug-likeness (QED) is 0.584. The van der Waals surface area contributed by atoms with Crippen molar-refractivity contribution in [3.8, 4) is 0 Å². The van der Waals surface area contributed by atoms with E-state index in [1.165, 1.54) is 47.9 Å². The average Bonchev–Trinajstić information content (AvgIpc) is 3.14. The van der Waals surface area contributed by atoms with Crippen molar-refractivity contribution in [2.75, 3.05) is 10.0 Å². The van der Waals surface area contributed by atoms with E-state index in [1.807, 2.05) is 0 Å². The Kier molecular flexibility index (Phi) is 5.90. The number of carbonyl (C=O) groups excluding carboxylic acids is 1. The van der Waals surface area contributed by atoms with Gasteiger partial charge >= 0.3 is 0 Å². The molecule has 2 N–H and O–H groups in total. The molecule has 0 aliphatic rings. The molecule has 0 atom stereocenters. The Balaban J connectivity index is 1.63. The van der Waals surface area contributed by atoms with Crippen LogP contribution in [0.2, 0.25) is 5.02 Å². The lowest BCUT2D eigenvalue weighted by Gasteiger charge is -2.07. The highest BCUT2D eigenvalue weighted by molar-refractivity contribution is 7.93. The number of nitrogens with one attached hydrogen (secondary N) is 2. The minimum Gasteiger partial charge on any atom is -0.323 e. The fourth-order valence-corrected chi connectivity index (χ4v) is 4.01. The molecule has 6 nitrogen and oxygen atoms in total. The molecule has 0 spiro atoms. The van der Waals surface area contributed by atoms with Crippen LogP contribution in [-0.4, -0.2) is 19.3 Å². The number of hydrogen-bond donors (Lipinski definition) is 2. The zero-order chi connectivity index (χ0) is 19.3. The van der Waals surface area contributed by atoms with Crippen molar-refractivity contribution in [1.29, 1.82) is 0 Å². The number of rotatable bonds is 6. The van der Waals surface area contributed by atoms with Crippen molar-refractivity contribution in [2.45, 2.75) is 4.90 Å². The summed E-state index contributed by atoms with van der Waals surface area (Å²) in [5.74, 6) is -0.332. The Morgan fingerprint density at radius 3 is 2.41 bits per heavy atom. The van der Waals surface area contributed by atoms with Crippen LogP contribution in [0.25, 0.3) is 6.08 Å². The predicted molar refractivity (Wildman–Crippen MR) is 108 cm³/mol. The van der Waals surface area contributed by atoms with Crippen molar-refractivity contribution in [1.82, 2.24) is 4.98 Å². The summed E-state index contributed by atoms with van der Waals surface area (Å²) in [7, 11) is -3.72. The Hall–Kier alpha value is -2.68. The van der Waals surface area contributed by atoms with Crippen LogP contribution in [0, 0.1) is 0 Å². The molecular weight excluding hydrogens is 406 g/mol. The van der Waals surface area contributed by atoms with Crippen LogP contribution in [0.5, 0.6) is 0 Å². The van der Waals surface area contributed by atoms with Crippen LogP contribution in [0.3, 0.4) is 0 Å². The molecule has 3 aromatic rings. The molecule has 0 saturated heterocycles. The van der Waals surface area contributed by atoms with Crippen molar-refractivity contribution < 1.29 is 13.2 Å². The SMILES string of the molecule is O=C(/C=C/c1ccc(Cl)cc1)Nc1ccc(S(=O)(=O)Nc2nccs2)cc1. The first-order valence-electron chi connectivity index (χ1n) is 7.69. The van der Waals surface area contributed by atoms with Gasteiger partial charge in [-0.3, -0.25) is 9.52 Å². The number of benzene rings is 2. The standard InChI is InChI=1S/C18H14ClN3O3S2/c19-14-4-1-13(2-5-14)3-10-17(23)21-15-6-8-16(9-7-15)27(24,25)22-18-20-11-12-26-18/h1-12H,(H,20,22)(H,21,23)/b10-3+.